The van der Waals surface area contributed by atoms with Crippen LogP contribution in [0.1, 0.15) is 88.1 Å². The van der Waals surface area contributed by atoms with Crippen molar-refractivity contribution in [2.45, 2.75) is 106 Å². The van der Waals surface area contributed by atoms with Crippen LogP contribution in [0.4, 0.5) is 4.79 Å². The normalized spacial score (nSPS) is 14.6. The van der Waals surface area contributed by atoms with Crippen LogP contribution >= 0.6 is 0 Å². The molecule has 0 saturated heterocycles. The molecule has 1 rings (SSSR count). The third kappa shape index (κ3) is 9.96. The van der Waals surface area contributed by atoms with Crippen molar-refractivity contribution in [3.63, 3.8) is 0 Å². The molecule has 0 aromatic heterocycles. The predicted octanol–water partition coefficient (Wildman–Crippen LogP) is 5.25. The van der Waals surface area contributed by atoms with E-state index in [1.54, 1.807) is 69.2 Å². The van der Waals surface area contributed by atoms with Crippen LogP contribution < -0.4 is 14.8 Å². The highest BCUT2D eigenvalue weighted by atomic mass is 16.8. The topological polar surface area (TPSA) is 137 Å². The van der Waals surface area contributed by atoms with Gasteiger partial charge in [0.1, 0.15) is 5.60 Å². The minimum Gasteiger partial charge on any atom is -0.477 e. The summed E-state index contributed by atoms with van der Waals surface area (Å²) in [6, 6.07) is 3.96. The summed E-state index contributed by atoms with van der Waals surface area (Å²) in [4.78, 5) is 50.3. The van der Waals surface area contributed by atoms with E-state index in [9.17, 15) is 24.3 Å². The fraction of sp³-hybridized carbons (Fsp3) is 0.643. The SMILES string of the molecule is CCC(C)N[C@@](Cc1ccc(OC(=O)C(C)(C)C)c(OC(=O)C(C)(C)C)c1)(OC(=O)OC(C)(C)C)C(=O)O. The molecule has 38 heavy (non-hydrogen) atoms. The molecule has 0 bridgehead atoms. The molecule has 0 saturated carbocycles. The quantitative estimate of drug-likeness (QED) is 0.244. The molecule has 0 spiro atoms. The van der Waals surface area contributed by atoms with Crippen LogP contribution in [0.3, 0.4) is 0 Å². The van der Waals surface area contributed by atoms with E-state index in [1.165, 1.54) is 18.2 Å². The number of ether oxygens (including phenoxy) is 4. The van der Waals surface area contributed by atoms with Crippen LogP contribution in [0.2, 0.25) is 0 Å². The third-order valence-corrected chi connectivity index (χ3v) is 5.18. The fourth-order valence-electron chi connectivity index (χ4n) is 2.83. The van der Waals surface area contributed by atoms with Crippen molar-refractivity contribution in [1.29, 1.82) is 0 Å². The molecule has 10 heteroatoms. The maximum atomic E-state index is 12.7. The number of benzene rings is 1. The van der Waals surface area contributed by atoms with Gasteiger partial charge in [-0.05, 0) is 93.4 Å². The van der Waals surface area contributed by atoms with Crippen molar-refractivity contribution in [3.05, 3.63) is 23.8 Å². The van der Waals surface area contributed by atoms with Gasteiger partial charge >= 0.3 is 24.1 Å². The number of aliphatic carboxylic acids is 1. The first kappa shape index (κ1) is 32.9. The average molecular weight is 538 g/mol. The van der Waals surface area contributed by atoms with Gasteiger partial charge in [-0.3, -0.25) is 14.9 Å². The smallest absolute Gasteiger partial charge is 0.477 e. The summed E-state index contributed by atoms with van der Waals surface area (Å²) in [5.41, 5.74) is -4.48. The van der Waals surface area contributed by atoms with E-state index in [4.69, 9.17) is 18.9 Å². The van der Waals surface area contributed by atoms with Crippen molar-refractivity contribution in [2.24, 2.45) is 10.8 Å². The van der Waals surface area contributed by atoms with E-state index in [2.05, 4.69) is 5.32 Å². The number of carboxylic acids is 1. The summed E-state index contributed by atoms with van der Waals surface area (Å²) in [5, 5.41) is 13.1. The number of carbonyl (C=O) groups excluding carboxylic acids is 3. The Morgan fingerprint density at radius 1 is 0.842 bits per heavy atom. The largest absolute Gasteiger partial charge is 0.511 e. The number of hydrogen-bond acceptors (Lipinski definition) is 9. The van der Waals surface area contributed by atoms with Gasteiger partial charge in [-0.1, -0.05) is 13.0 Å². The lowest BCUT2D eigenvalue weighted by molar-refractivity contribution is -0.169. The summed E-state index contributed by atoms with van der Waals surface area (Å²) in [6.07, 6.45) is -0.965. The van der Waals surface area contributed by atoms with Crippen molar-refractivity contribution in [3.8, 4) is 11.5 Å². The zero-order chi connectivity index (χ0) is 29.7. The van der Waals surface area contributed by atoms with E-state index in [-0.39, 0.29) is 24.0 Å². The summed E-state index contributed by atoms with van der Waals surface area (Å²) < 4.78 is 21.7. The minimum atomic E-state index is -2.20. The van der Waals surface area contributed by atoms with Crippen molar-refractivity contribution >= 4 is 24.1 Å². The number of carboxylic acid groups (broad SMARTS) is 1. The number of carbonyl (C=O) groups is 4. The van der Waals surface area contributed by atoms with Crippen LogP contribution in [0.15, 0.2) is 18.2 Å². The zero-order valence-corrected chi connectivity index (χ0v) is 24.4. The molecule has 0 fully saturated rings. The Bertz CT molecular complexity index is 1030. The Labute approximate surface area is 225 Å². The maximum Gasteiger partial charge on any atom is 0.511 e. The molecular formula is C28H43NO9. The molecule has 2 N–H and O–H groups in total. The van der Waals surface area contributed by atoms with Crippen molar-refractivity contribution < 1.29 is 43.2 Å². The standard InChI is InChI=1S/C28H43NO9/c1-12-17(2)29-28(21(30)31,38-24(34)37-27(9,10)11)16-18-13-14-19(35-22(32)25(3,4)5)20(15-18)36-23(33)26(6,7)8/h13-15,17,29H,12,16H2,1-11H3,(H,30,31)/t17?,28-/m0/s1. The van der Waals surface area contributed by atoms with Crippen LogP contribution in [0.25, 0.3) is 0 Å². The molecule has 1 unspecified atom stereocenters. The summed E-state index contributed by atoms with van der Waals surface area (Å²) in [6.45, 7) is 18.5. The number of rotatable bonds is 9. The Balaban J connectivity index is 3.58. The Kier molecular flexibility index (Phi) is 10.5. The molecule has 0 heterocycles. The molecule has 0 amide bonds. The second-order valence-electron chi connectivity index (χ2n) is 12.4. The van der Waals surface area contributed by atoms with Gasteiger partial charge in [-0.2, -0.15) is 0 Å². The average Bonchev–Trinajstić information content (AvgIpc) is 2.72. The summed E-state index contributed by atoms with van der Waals surface area (Å²) in [7, 11) is 0. The van der Waals surface area contributed by atoms with Gasteiger partial charge in [-0.25, -0.2) is 9.59 Å². The summed E-state index contributed by atoms with van der Waals surface area (Å²) >= 11 is 0. The molecule has 214 valence electrons. The lowest BCUT2D eigenvalue weighted by Gasteiger charge is -2.33. The molecule has 0 aliphatic heterocycles. The highest BCUT2D eigenvalue weighted by Crippen LogP contribution is 2.34. The van der Waals surface area contributed by atoms with Crippen LogP contribution in [0, 0.1) is 10.8 Å². The minimum absolute atomic E-state index is 0.00449. The lowest BCUT2D eigenvalue weighted by Crippen LogP contribution is -2.60. The molecule has 10 nitrogen and oxygen atoms in total. The molecular weight excluding hydrogens is 494 g/mol. The highest BCUT2D eigenvalue weighted by Gasteiger charge is 2.45. The summed E-state index contributed by atoms with van der Waals surface area (Å²) in [5.74, 6) is -2.66. The molecule has 0 radical (unpaired) electrons. The third-order valence-electron chi connectivity index (χ3n) is 5.18. The number of esters is 2. The van der Waals surface area contributed by atoms with Crippen LogP contribution in [-0.2, 0) is 30.3 Å². The Morgan fingerprint density at radius 2 is 1.34 bits per heavy atom. The number of nitrogens with one attached hydrogen (secondary N) is 1. The van der Waals surface area contributed by atoms with Gasteiger partial charge in [0.25, 0.3) is 5.72 Å². The van der Waals surface area contributed by atoms with Crippen LogP contribution in [0.5, 0.6) is 11.5 Å². The zero-order valence-electron chi connectivity index (χ0n) is 24.4. The van der Waals surface area contributed by atoms with Gasteiger partial charge < -0.3 is 24.1 Å². The van der Waals surface area contributed by atoms with E-state index < -0.39 is 46.2 Å². The predicted molar refractivity (Wildman–Crippen MR) is 141 cm³/mol. The lowest BCUT2D eigenvalue weighted by atomic mass is 9.97. The van der Waals surface area contributed by atoms with E-state index >= 15 is 0 Å². The molecule has 1 aromatic rings. The molecule has 0 aliphatic carbocycles. The van der Waals surface area contributed by atoms with Crippen LogP contribution in [-0.4, -0.2) is 46.5 Å². The highest BCUT2D eigenvalue weighted by molar-refractivity contribution is 5.82. The first-order chi connectivity index (χ1) is 17.1. The first-order valence-corrected chi connectivity index (χ1v) is 12.6. The Hall–Kier alpha value is -3.14. The second-order valence-corrected chi connectivity index (χ2v) is 12.4. The van der Waals surface area contributed by atoms with Gasteiger partial charge in [0, 0.05) is 12.5 Å². The van der Waals surface area contributed by atoms with E-state index in [0.717, 1.165) is 0 Å². The van der Waals surface area contributed by atoms with Gasteiger partial charge in [0.15, 0.2) is 11.5 Å². The van der Waals surface area contributed by atoms with E-state index in [1.807, 2.05) is 6.92 Å². The second kappa shape index (κ2) is 12.1. The maximum absolute atomic E-state index is 12.7. The first-order valence-electron chi connectivity index (χ1n) is 12.6. The van der Waals surface area contributed by atoms with Gasteiger partial charge in [0.05, 0.1) is 10.8 Å². The van der Waals surface area contributed by atoms with Crippen molar-refractivity contribution in [1.82, 2.24) is 5.32 Å². The number of hydrogen-bond donors (Lipinski definition) is 2. The monoisotopic (exact) mass is 537 g/mol. The van der Waals surface area contributed by atoms with Gasteiger partial charge in [0.2, 0.25) is 0 Å². The fourth-order valence-corrected chi connectivity index (χ4v) is 2.83. The molecule has 1 aromatic carbocycles. The van der Waals surface area contributed by atoms with Gasteiger partial charge in [-0.15, -0.1) is 0 Å². The van der Waals surface area contributed by atoms with Crippen molar-refractivity contribution in [2.75, 3.05) is 0 Å². The Morgan fingerprint density at radius 3 is 1.76 bits per heavy atom. The molecule has 0 aliphatic rings. The van der Waals surface area contributed by atoms with E-state index in [0.29, 0.717) is 12.0 Å². The molecule has 2 atom stereocenters.